The lowest BCUT2D eigenvalue weighted by molar-refractivity contribution is 0.0777. The van der Waals surface area contributed by atoms with Crippen molar-refractivity contribution in [2.45, 2.75) is 44.8 Å². The van der Waals surface area contributed by atoms with E-state index in [2.05, 4.69) is 50.2 Å². The van der Waals surface area contributed by atoms with Crippen molar-refractivity contribution in [1.82, 2.24) is 4.90 Å². The highest BCUT2D eigenvalue weighted by Gasteiger charge is 2.29. The smallest absolute Gasteiger partial charge is 0.0540 e. The fourth-order valence-electron chi connectivity index (χ4n) is 3.29. The summed E-state index contributed by atoms with van der Waals surface area (Å²) in [6.07, 6.45) is 4.12. The Bertz CT molecular complexity index is 380. The molecule has 1 N–H and O–H groups in total. The molecule has 1 aliphatic rings. The summed E-state index contributed by atoms with van der Waals surface area (Å²) in [5.74, 6) is 0.671. The van der Waals surface area contributed by atoms with Crippen LogP contribution >= 0.6 is 0 Å². The maximum absolute atomic E-state index is 9.66. The first-order valence-electron chi connectivity index (χ1n) is 6.99. The second-order valence-electron chi connectivity index (χ2n) is 5.83. The van der Waals surface area contributed by atoms with Gasteiger partial charge < -0.3 is 10.0 Å². The van der Waals surface area contributed by atoms with Gasteiger partial charge in [-0.05, 0) is 63.7 Å². The van der Waals surface area contributed by atoms with E-state index in [1.54, 1.807) is 0 Å². The third kappa shape index (κ3) is 2.93. The molecule has 1 saturated carbocycles. The number of nitrogens with zero attached hydrogens (tertiary/aromatic N) is 1. The lowest BCUT2D eigenvalue weighted by atomic mass is 9.78. The first-order chi connectivity index (χ1) is 8.59. The van der Waals surface area contributed by atoms with Gasteiger partial charge in [-0.25, -0.2) is 0 Å². The van der Waals surface area contributed by atoms with E-state index in [9.17, 15) is 5.11 Å². The van der Waals surface area contributed by atoms with E-state index in [1.165, 1.54) is 11.1 Å². The van der Waals surface area contributed by atoms with Crippen LogP contribution in [0.4, 0.5) is 0 Å². The van der Waals surface area contributed by atoms with Gasteiger partial charge in [-0.2, -0.15) is 0 Å². The average molecular weight is 247 g/mol. The summed E-state index contributed by atoms with van der Waals surface area (Å²) in [4.78, 5) is 2.34. The lowest BCUT2D eigenvalue weighted by Crippen LogP contribution is -2.31. The Morgan fingerprint density at radius 2 is 1.72 bits per heavy atom. The molecule has 1 aliphatic carbocycles. The van der Waals surface area contributed by atoms with Gasteiger partial charge in [-0.3, -0.25) is 0 Å². The Labute approximate surface area is 111 Å². The molecule has 18 heavy (non-hydrogen) atoms. The maximum atomic E-state index is 9.66. The van der Waals surface area contributed by atoms with Crippen molar-refractivity contribution in [1.29, 1.82) is 0 Å². The molecule has 100 valence electrons. The van der Waals surface area contributed by atoms with Crippen LogP contribution in [-0.2, 0) is 0 Å². The largest absolute Gasteiger partial charge is 0.393 e. The molecule has 0 heterocycles. The highest BCUT2D eigenvalue weighted by Crippen LogP contribution is 2.38. The molecule has 1 aromatic rings. The summed E-state index contributed by atoms with van der Waals surface area (Å²) >= 11 is 0. The van der Waals surface area contributed by atoms with Crippen molar-refractivity contribution in [2.24, 2.45) is 5.92 Å². The fourth-order valence-corrected chi connectivity index (χ4v) is 3.29. The Balaban J connectivity index is 2.21. The molecule has 0 saturated heterocycles. The van der Waals surface area contributed by atoms with Gasteiger partial charge in [0, 0.05) is 6.04 Å². The molecular weight excluding hydrogens is 222 g/mol. The van der Waals surface area contributed by atoms with Crippen LogP contribution in [0.1, 0.15) is 42.9 Å². The summed E-state index contributed by atoms with van der Waals surface area (Å²) in [6.45, 7) is 2.20. The average Bonchev–Trinajstić information content (AvgIpc) is 2.34. The van der Waals surface area contributed by atoms with Crippen LogP contribution in [0.2, 0.25) is 0 Å². The van der Waals surface area contributed by atoms with Crippen molar-refractivity contribution in [2.75, 3.05) is 14.1 Å². The molecule has 0 radical (unpaired) electrons. The molecule has 1 fully saturated rings. The second kappa shape index (κ2) is 5.85. The molecule has 0 spiro atoms. The minimum absolute atomic E-state index is 0.0686. The Morgan fingerprint density at radius 3 is 2.28 bits per heavy atom. The standard InChI is InChI=1S/C16H25NO/c1-12-6-4-5-7-15(12)16(17(2)3)13-8-10-14(18)11-9-13/h4-7,13-14,16,18H,8-11H2,1-3H3. The predicted molar refractivity (Wildman–Crippen MR) is 75.6 cm³/mol. The third-order valence-electron chi connectivity index (χ3n) is 4.25. The summed E-state index contributed by atoms with van der Waals surface area (Å²) in [7, 11) is 4.34. The monoisotopic (exact) mass is 247 g/mol. The Morgan fingerprint density at radius 1 is 1.11 bits per heavy atom. The molecule has 0 aliphatic heterocycles. The molecule has 2 nitrogen and oxygen atoms in total. The van der Waals surface area contributed by atoms with Gasteiger partial charge >= 0.3 is 0 Å². The van der Waals surface area contributed by atoms with E-state index >= 15 is 0 Å². The number of benzene rings is 1. The van der Waals surface area contributed by atoms with E-state index in [4.69, 9.17) is 0 Å². The van der Waals surface area contributed by atoms with E-state index in [-0.39, 0.29) is 6.10 Å². The summed E-state index contributed by atoms with van der Waals surface area (Å²) < 4.78 is 0. The van der Waals surface area contributed by atoms with Gasteiger partial charge in [0.1, 0.15) is 0 Å². The van der Waals surface area contributed by atoms with Gasteiger partial charge in [0.05, 0.1) is 6.10 Å². The lowest BCUT2D eigenvalue weighted by Gasteiger charge is -2.37. The minimum Gasteiger partial charge on any atom is -0.393 e. The van der Waals surface area contributed by atoms with E-state index in [1.807, 2.05) is 0 Å². The summed E-state index contributed by atoms with van der Waals surface area (Å²) in [5, 5.41) is 9.66. The quantitative estimate of drug-likeness (QED) is 0.887. The van der Waals surface area contributed by atoms with Crippen LogP contribution in [0.15, 0.2) is 24.3 Å². The van der Waals surface area contributed by atoms with Crippen molar-refractivity contribution in [3.8, 4) is 0 Å². The van der Waals surface area contributed by atoms with Gasteiger partial charge in [0.15, 0.2) is 0 Å². The first-order valence-corrected chi connectivity index (χ1v) is 6.99. The number of hydrogen-bond donors (Lipinski definition) is 1. The molecule has 1 atom stereocenters. The number of hydrogen-bond acceptors (Lipinski definition) is 2. The molecule has 2 heteroatoms. The van der Waals surface area contributed by atoms with Crippen LogP contribution in [-0.4, -0.2) is 30.2 Å². The molecule has 0 aromatic heterocycles. The van der Waals surface area contributed by atoms with Crippen molar-refractivity contribution < 1.29 is 5.11 Å². The van der Waals surface area contributed by atoms with Gasteiger partial charge in [0.2, 0.25) is 0 Å². The fraction of sp³-hybridized carbons (Fsp3) is 0.625. The van der Waals surface area contributed by atoms with Gasteiger partial charge in [-0.15, -0.1) is 0 Å². The molecule has 2 rings (SSSR count). The zero-order chi connectivity index (χ0) is 13.1. The Hall–Kier alpha value is -0.860. The predicted octanol–water partition coefficient (Wildman–Crippen LogP) is 3.15. The summed E-state index contributed by atoms with van der Waals surface area (Å²) in [6, 6.07) is 9.18. The van der Waals surface area contributed by atoms with E-state index in [0.717, 1.165) is 25.7 Å². The molecule has 1 aromatic carbocycles. The van der Waals surface area contributed by atoms with Crippen LogP contribution in [0, 0.1) is 12.8 Å². The number of aryl methyl sites for hydroxylation is 1. The van der Waals surface area contributed by atoms with Crippen LogP contribution < -0.4 is 0 Å². The van der Waals surface area contributed by atoms with Crippen molar-refractivity contribution in [3.63, 3.8) is 0 Å². The normalized spacial score (nSPS) is 26.3. The van der Waals surface area contributed by atoms with Crippen LogP contribution in [0.5, 0.6) is 0 Å². The first kappa shape index (κ1) is 13.6. The second-order valence-corrected chi connectivity index (χ2v) is 5.83. The number of rotatable bonds is 3. The topological polar surface area (TPSA) is 23.5 Å². The van der Waals surface area contributed by atoms with E-state index < -0.39 is 0 Å². The highest BCUT2D eigenvalue weighted by molar-refractivity contribution is 5.29. The van der Waals surface area contributed by atoms with Crippen LogP contribution in [0.25, 0.3) is 0 Å². The third-order valence-corrected chi connectivity index (χ3v) is 4.25. The summed E-state index contributed by atoms with van der Waals surface area (Å²) in [5.41, 5.74) is 2.83. The molecule has 0 bridgehead atoms. The number of aliphatic hydroxyl groups is 1. The van der Waals surface area contributed by atoms with Crippen molar-refractivity contribution in [3.05, 3.63) is 35.4 Å². The maximum Gasteiger partial charge on any atom is 0.0540 e. The highest BCUT2D eigenvalue weighted by atomic mass is 16.3. The number of aliphatic hydroxyl groups excluding tert-OH is 1. The van der Waals surface area contributed by atoms with E-state index in [0.29, 0.717) is 12.0 Å². The molecule has 0 amide bonds. The molecule has 1 unspecified atom stereocenters. The minimum atomic E-state index is -0.0686. The van der Waals surface area contributed by atoms with Crippen LogP contribution in [0.3, 0.4) is 0 Å². The van der Waals surface area contributed by atoms with Gasteiger partial charge in [-0.1, -0.05) is 24.3 Å². The van der Waals surface area contributed by atoms with Crippen molar-refractivity contribution >= 4 is 0 Å². The zero-order valence-corrected chi connectivity index (χ0v) is 11.8. The Kier molecular flexibility index (Phi) is 4.41. The zero-order valence-electron chi connectivity index (χ0n) is 11.8. The molecular formula is C16H25NO. The SMILES string of the molecule is Cc1ccccc1C(C1CCC(O)CC1)N(C)C. The van der Waals surface area contributed by atoms with Gasteiger partial charge in [0.25, 0.3) is 0 Å².